The fourth-order valence-electron chi connectivity index (χ4n) is 2.49. The number of aryl methyl sites for hydroxylation is 1. The van der Waals surface area contributed by atoms with Crippen LogP contribution >= 0.6 is 0 Å². The van der Waals surface area contributed by atoms with Gasteiger partial charge in [0, 0.05) is 44.1 Å². The van der Waals surface area contributed by atoms with E-state index in [1.807, 2.05) is 6.92 Å². The fraction of sp³-hybridized carbons (Fsp3) is 0.571. The maximum atomic E-state index is 12.3. The van der Waals surface area contributed by atoms with Crippen LogP contribution in [0.15, 0.2) is 12.3 Å². The van der Waals surface area contributed by atoms with Crippen molar-refractivity contribution in [2.45, 2.75) is 13.0 Å². The second-order valence-corrected chi connectivity index (χ2v) is 5.62. The van der Waals surface area contributed by atoms with Crippen LogP contribution in [0.3, 0.4) is 0 Å². The Kier molecular flexibility index (Phi) is 5.11. The molecule has 2 heterocycles. The van der Waals surface area contributed by atoms with Gasteiger partial charge in [0.1, 0.15) is 0 Å². The lowest BCUT2D eigenvalue weighted by molar-refractivity contribution is 0.0881. The number of aromatic nitrogens is 1. The van der Waals surface area contributed by atoms with E-state index in [0.29, 0.717) is 23.8 Å². The zero-order valence-electron chi connectivity index (χ0n) is 12.9. The number of nitrogens with two attached hydrogens (primary N) is 1. The third kappa shape index (κ3) is 3.90. The van der Waals surface area contributed by atoms with Crippen molar-refractivity contribution < 1.29 is 4.79 Å². The minimum absolute atomic E-state index is 0.155. The van der Waals surface area contributed by atoms with E-state index in [-0.39, 0.29) is 5.91 Å². The highest BCUT2D eigenvalue weighted by molar-refractivity contribution is 5.99. The Morgan fingerprint density at radius 1 is 1.48 bits per heavy atom. The Hall–Kier alpha value is -1.70. The summed E-state index contributed by atoms with van der Waals surface area (Å²) in [5.74, 6) is 5.31. The number of rotatable bonds is 4. The van der Waals surface area contributed by atoms with Gasteiger partial charge >= 0.3 is 0 Å². The number of hydrazine groups is 1. The van der Waals surface area contributed by atoms with Gasteiger partial charge in [-0.3, -0.25) is 20.5 Å². The van der Waals surface area contributed by atoms with Crippen molar-refractivity contribution in [2.24, 2.45) is 5.84 Å². The van der Waals surface area contributed by atoms with Gasteiger partial charge in [-0.25, -0.2) is 0 Å². The van der Waals surface area contributed by atoms with E-state index < -0.39 is 0 Å². The largest absolute Gasteiger partial charge is 0.350 e. The van der Waals surface area contributed by atoms with Crippen LogP contribution in [0.2, 0.25) is 0 Å². The summed E-state index contributed by atoms with van der Waals surface area (Å²) in [6.45, 7) is 5.49. The van der Waals surface area contributed by atoms with E-state index in [4.69, 9.17) is 5.84 Å². The zero-order chi connectivity index (χ0) is 15.4. The van der Waals surface area contributed by atoms with Crippen molar-refractivity contribution in [2.75, 3.05) is 45.7 Å². The Labute approximate surface area is 125 Å². The highest BCUT2D eigenvalue weighted by atomic mass is 16.1. The topological polar surface area (TPSA) is 86.5 Å². The summed E-state index contributed by atoms with van der Waals surface area (Å²) in [4.78, 5) is 21.0. The molecule has 7 nitrogen and oxygen atoms in total. The fourth-order valence-corrected chi connectivity index (χ4v) is 2.49. The molecular formula is C14H24N6O. The van der Waals surface area contributed by atoms with E-state index >= 15 is 0 Å². The summed E-state index contributed by atoms with van der Waals surface area (Å²) in [7, 11) is 4.19. The van der Waals surface area contributed by atoms with Gasteiger partial charge in [-0.2, -0.15) is 0 Å². The van der Waals surface area contributed by atoms with Gasteiger partial charge < -0.3 is 15.6 Å². The summed E-state index contributed by atoms with van der Waals surface area (Å²) in [6, 6.07) is 2.08. The van der Waals surface area contributed by atoms with Crippen LogP contribution in [0.25, 0.3) is 0 Å². The first-order valence-electron chi connectivity index (χ1n) is 7.11. The zero-order valence-corrected chi connectivity index (χ0v) is 12.9. The second kappa shape index (κ2) is 6.84. The van der Waals surface area contributed by atoms with E-state index in [0.717, 1.165) is 25.3 Å². The molecule has 116 valence electrons. The van der Waals surface area contributed by atoms with E-state index in [1.54, 1.807) is 12.3 Å². The number of carbonyl (C=O) groups is 1. The predicted octanol–water partition coefficient (Wildman–Crippen LogP) is -0.349. The van der Waals surface area contributed by atoms with Crippen molar-refractivity contribution in [3.8, 4) is 0 Å². The molecule has 0 radical (unpaired) electrons. The van der Waals surface area contributed by atoms with Crippen LogP contribution in [0.5, 0.6) is 0 Å². The Morgan fingerprint density at radius 3 is 2.95 bits per heavy atom. The van der Waals surface area contributed by atoms with E-state index in [9.17, 15) is 4.79 Å². The molecule has 1 aliphatic heterocycles. The van der Waals surface area contributed by atoms with Crippen LogP contribution in [0.1, 0.15) is 16.1 Å². The first kappa shape index (κ1) is 15.7. The number of pyridine rings is 1. The van der Waals surface area contributed by atoms with Gasteiger partial charge in [0.05, 0.1) is 11.3 Å². The SMILES string of the molecule is Cc1cc(NN)c(C(=O)NCC2CN(C)CCN2C)cn1. The van der Waals surface area contributed by atoms with Crippen molar-refractivity contribution >= 4 is 11.6 Å². The smallest absolute Gasteiger partial charge is 0.255 e. The molecule has 1 aromatic rings. The molecule has 21 heavy (non-hydrogen) atoms. The highest BCUT2D eigenvalue weighted by Gasteiger charge is 2.23. The summed E-state index contributed by atoms with van der Waals surface area (Å²) < 4.78 is 0. The van der Waals surface area contributed by atoms with Crippen LogP contribution < -0.4 is 16.6 Å². The number of nitrogen functional groups attached to an aromatic ring is 1. The monoisotopic (exact) mass is 292 g/mol. The molecule has 1 fully saturated rings. The van der Waals surface area contributed by atoms with Gasteiger partial charge in [-0.1, -0.05) is 0 Å². The normalized spacial score (nSPS) is 20.3. The quantitative estimate of drug-likeness (QED) is 0.519. The lowest BCUT2D eigenvalue weighted by Gasteiger charge is -2.37. The molecule has 1 saturated heterocycles. The molecule has 4 N–H and O–H groups in total. The molecule has 1 unspecified atom stereocenters. The predicted molar refractivity (Wildman–Crippen MR) is 83.0 cm³/mol. The summed E-state index contributed by atoms with van der Waals surface area (Å²) in [5.41, 5.74) is 4.42. The van der Waals surface area contributed by atoms with Gasteiger partial charge in [0.15, 0.2) is 0 Å². The van der Waals surface area contributed by atoms with Gasteiger partial charge in [0.2, 0.25) is 0 Å². The van der Waals surface area contributed by atoms with Gasteiger partial charge in [-0.05, 0) is 27.1 Å². The number of piperazine rings is 1. The van der Waals surface area contributed by atoms with Crippen molar-refractivity contribution in [1.29, 1.82) is 0 Å². The van der Waals surface area contributed by atoms with Crippen LogP contribution in [0, 0.1) is 6.92 Å². The Morgan fingerprint density at radius 2 is 2.24 bits per heavy atom. The summed E-state index contributed by atoms with van der Waals surface area (Å²) >= 11 is 0. The minimum atomic E-state index is -0.155. The molecule has 0 saturated carbocycles. The molecule has 0 bridgehead atoms. The molecule has 1 amide bonds. The molecule has 1 aliphatic rings. The maximum Gasteiger partial charge on any atom is 0.255 e. The van der Waals surface area contributed by atoms with Crippen LogP contribution in [0.4, 0.5) is 5.69 Å². The molecule has 0 aliphatic carbocycles. The van der Waals surface area contributed by atoms with Crippen molar-refractivity contribution in [1.82, 2.24) is 20.1 Å². The molecule has 2 rings (SSSR count). The lowest BCUT2D eigenvalue weighted by atomic mass is 10.1. The number of nitrogens with zero attached hydrogens (tertiary/aromatic N) is 3. The number of carbonyl (C=O) groups excluding carboxylic acids is 1. The average molecular weight is 292 g/mol. The van der Waals surface area contributed by atoms with Crippen molar-refractivity contribution in [3.05, 3.63) is 23.5 Å². The van der Waals surface area contributed by atoms with Crippen LogP contribution in [-0.4, -0.2) is 67.0 Å². The van der Waals surface area contributed by atoms with Crippen molar-refractivity contribution in [3.63, 3.8) is 0 Å². The standard InChI is InChI=1S/C14H24N6O/c1-10-6-13(18-15)12(8-16-10)14(21)17-7-11-9-19(2)4-5-20(11)3/h6,8,11H,4-5,7,9,15H2,1-3H3,(H,16,18)(H,17,21). The van der Waals surface area contributed by atoms with Gasteiger partial charge in [-0.15, -0.1) is 0 Å². The van der Waals surface area contributed by atoms with E-state index in [2.05, 4.69) is 39.6 Å². The molecule has 7 heteroatoms. The summed E-state index contributed by atoms with van der Waals surface area (Å²) in [5, 5.41) is 2.97. The third-order valence-electron chi connectivity index (χ3n) is 3.92. The summed E-state index contributed by atoms with van der Waals surface area (Å²) in [6.07, 6.45) is 1.55. The number of amides is 1. The van der Waals surface area contributed by atoms with Crippen LogP contribution in [-0.2, 0) is 0 Å². The molecule has 0 spiro atoms. The van der Waals surface area contributed by atoms with Gasteiger partial charge in [0.25, 0.3) is 5.91 Å². The Balaban J connectivity index is 1.98. The number of anilines is 1. The lowest BCUT2D eigenvalue weighted by Crippen LogP contribution is -2.54. The van der Waals surface area contributed by atoms with E-state index in [1.165, 1.54) is 0 Å². The Bertz CT molecular complexity index is 506. The molecule has 1 aromatic heterocycles. The maximum absolute atomic E-state index is 12.3. The number of hydrogen-bond donors (Lipinski definition) is 3. The molecule has 1 atom stereocenters. The molecule has 0 aromatic carbocycles. The third-order valence-corrected chi connectivity index (χ3v) is 3.92. The number of hydrogen-bond acceptors (Lipinski definition) is 6. The highest BCUT2D eigenvalue weighted by Crippen LogP contribution is 2.14. The first-order chi connectivity index (χ1) is 10.0. The minimum Gasteiger partial charge on any atom is -0.350 e. The average Bonchev–Trinajstić information content (AvgIpc) is 2.47. The number of likely N-dealkylation sites (N-methyl/N-ethyl adjacent to an activating group) is 2. The molecular weight excluding hydrogens is 268 g/mol. The second-order valence-electron chi connectivity index (χ2n) is 5.62. The first-order valence-corrected chi connectivity index (χ1v) is 7.11. The number of nitrogens with one attached hydrogen (secondary N) is 2.